The molecule has 0 fully saturated rings. The second-order valence-electron chi connectivity index (χ2n) is 9.49. The summed E-state index contributed by atoms with van der Waals surface area (Å²) in [5, 5.41) is 17.2. The van der Waals surface area contributed by atoms with E-state index in [9.17, 15) is 18.7 Å². The molecule has 0 bridgehead atoms. The van der Waals surface area contributed by atoms with Crippen LogP contribution in [0.3, 0.4) is 0 Å². The summed E-state index contributed by atoms with van der Waals surface area (Å²) in [4.78, 5) is 11.8. The molecule has 0 spiro atoms. The van der Waals surface area contributed by atoms with Crippen LogP contribution in [0.4, 0.5) is 8.78 Å². The van der Waals surface area contributed by atoms with Gasteiger partial charge in [-0.1, -0.05) is 32.4 Å². The summed E-state index contributed by atoms with van der Waals surface area (Å²) in [6.45, 7) is 6.04. The number of aryl methyl sites for hydroxylation is 2. The highest BCUT2D eigenvalue weighted by Gasteiger charge is 2.26. The van der Waals surface area contributed by atoms with Gasteiger partial charge in [0.2, 0.25) is 5.91 Å². The second-order valence-corrected chi connectivity index (χ2v) is 9.49. The molecule has 186 valence electrons. The van der Waals surface area contributed by atoms with Crippen LogP contribution in [-0.4, -0.2) is 29.7 Å². The molecule has 0 radical (unpaired) electrons. The number of fused-ring (bicyclic) bond motifs is 1. The van der Waals surface area contributed by atoms with Crippen molar-refractivity contribution in [1.29, 1.82) is 0 Å². The van der Waals surface area contributed by atoms with Crippen molar-refractivity contribution in [3.05, 3.63) is 69.8 Å². The molecule has 0 aliphatic heterocycles. The Morgan fingerprint density at radius 1 is 1.12 bits per heavy atom. The third-order valence-corrected chi connectivity index (χ3v) is 6.74. The average Bonchev–Trinajstić information content (AvgIpc) is 2.79. The highest BCUT2D eigenvalue weighted by atomic mass is 19.1. The van der Waals surface area contributed by atoms with Crippen LogP contribution in [0.2, 0.25) is 0 Å². The summed E-state index contributed by atoms with van der Waals surface area (Å²) in [6.07, 6.45) is 6.80. The number of benzene rings is 2. The van der Waals surface area contributed by atoms with Gasteiger partial charge in [0.25, 0.3) is 0 Å². The molecule has 0 aromatic heterocycles. The van der Waals surface area contributed by atoms with Crippen molar-refractivity contribution >= 4 is 5.91 Å². The summed E-state index contributed by atoms with van der Waals surface area (Å²) < 4.78 is 27.3. The molecule has 2 aromatic rings. The zero-order valence-corrected chi connectivity index (χ0v) is 20.6. The lowest BCUT2D eigenvalue weighted by Gasteiger charge is -2.31. The summed E-state index contributed by atoms with van der Waals surface area (Å²) >= 11 is 0. The standard InChI is InChI=1S/C28H38F2N2O2/c1-4-6-8-21-11-19(5-2)14-25-24(21)9-7-10-26(25)31-17-28(34)27(32-18(3)33)15-20-12-22(29)16-23(30)13-20/h11-14,16,26-28,31,34H,4-10,15,17H2,1-3H3,(H,32,33)/t26-,27?,28?/m0/s1. The van der Waals surface area contributed by atoms with Gasteiger partial charge in [-0.15, -0.1) is 0 Å². The van der Waals surface area contributed by atoms with Gasteiger partial charge in [0, 0.05) is 25.6 Å². The first kappa shape index (κ1) is 26.3. The van der Waals surface area contributed by atoms with Gasteiger partial charge in [-0.25, -0.2) is 8.78 Å². The van der Waals surface area contributed by atoms with E-state index < -0.39 is 23.8 Å². The first-order chi connectivity index (χ1) is 16.3. The van der Waals surface area contributed by atoms with Crippen LogP contribution in [0.25, 0.3) is 0 Å². The molecule has 0 saturated heterocycles. The Morgan fingerprint density at radius 3 is 2.50 bits per heavy atom. The van der Waals surface area contributed by atoms with E-state index in [0.29, 0.717) is 5.56 Å². The van der Waals surface area contributed by atoms with Crippen LogP contribution >= 0.6 is 0 Å². The molecule has 4 nitrogen and oxygen atoms in total. The van der Waals surface area contributed by atoms with Crippen molar-refractivity contribution in [2.24, 2.45) is 0 Å². The largest absolute Gasteiger partial charge is 0.390 e. The van der Waals surface area contributed by atoms with E-state index in [0.717, 1.165) is 38.2 Å². The number of nitrogens with one attached hydrogen (secondary N) is 2. The number of aliphatic hydroxyl groups is 1. The highest BCUT2D eigenvalue weighted by Crippen LogP contribution is 2.34. The molecule has 6 heteroatoms. The number of hydrogen-bond donors (Lipinski definition) is 3. The number of hydrogen-bond acceptors (Lipinski definition) is 3. The number of aliphatic hydroxyl groups excluding tert-OH is 1. The van der Waals surface area contributed by atoms with Crippen molar-refractivity contribution in [1.82, 2.24) is 10.6 Å². The van der Waals surface area contributed by atoms with Crippen LogP contribution in [0, 0.1) is 11.6 Å². The van der Waals surface area contributed by atoms with Crippen molar-refractivity contribution in [2.45, 2.75) is 90.3 Å². The fourth-order valence-electron chi connectivity index (χ4n) is 5.02. The Labute approximate surface area is 202 Å². The SMILES string of the molecule is CCCCc1cc(CC)cc2c1CCC[C@@H]2NCC(O)C(Cc1cc(F)cc(F)c1)NC(C)=O. The molecule has 34 heavy (non-hydrogen) atoms. The first-order valence-electron chi connectivity index (χ1n) is 12.6. The molecular weight excluding hydrogens is 434 g/mol. The van der Waals surface area contributed by atoms with Crippen molar-refractivity contribution < 1.29 is 18.7 Å². The van der Waals surface area contributed by atoms with Gasteiger partial charge in [0.05, 0.1) is 12.1 Å². The molecular formula is C28H38F2N2O2. The average molecular weight is 473 g/mol. The Balaban J connectivity index is 1.74. The predicted molar refractivity (Wildman–Crippen MR) is 132 cm³/mol. The third-order valence-electron chi connectivity index (χ3n) is 6.74. The normalized spacial score (nSPS) is 17.2. The zero-order chi connectivity index (χ0) is 24.7. The van der Waals surface area contributed by atoms with Crippen molar-refractivity contribution in [2.75, 3.05) is 6.54 Å². The quantitative estimate of drug-likeness (QED) is 0.434. The minimum Gasteiger partial charge on any atom is -0.390 e. The molecule has 3 atom stereocenters. The van der Waals surface area contributed by atoms with Crippen LogP contribution in [0.5, 0.6) is 0 Å². The third kappa shape index (κ3) is 7.09. The minimum atomic E-state index is -0.908. The summed E-state index contributed by atoms with van der Waals surface area (Å²) in [5.41, 5.74) is 5.95. The molecule has 1 aliphatic rings. The maximum absolute atomic E-state index is 13.6. The van der Waals surface area contributed by atoms with Gasteiger partial charge < -0.3 is 15.7 Å². The summed E-state index contributed by atoms with van der Waals surface area (Å²) in [6, 6.07) is 7.42. The number of carbonyl (C=O) groups is 1. The first-order valence-corrected chi connectivity index (χ1v) is 12.6. The van der Waals surface area contributed by atoms with E-state index >= 15 is 0 Å². The lowest BCUT2D eigenvalue weighted by Crippen LogP contribution is -2.48. The minimum absolute atomic E-state index is 0.134. The number of halogens is 2. The van der Waals surface area contributed by atoms with Gasteiger partial charge in [-0.2, -0.15) is 0 Å². The van der Waals surface area contributed by atoms with Crippen molar-refractivity contribution in [3.63, 3.8) is 0 Å². The highest BCUT2D eigenvalue weighted by molar-refractivity contribution is 5.73. The zero-order valence-electron chi connectivity index (χ0n) is 20.6. The van der Waals surface area contributed by atoms with Gasteiger partial charge in [0.15, 0.2) is 0 Å². The van der Waals surface area contributed by atoms with Gasteiger partial charge in [-0.05, 0) is 84.9 Å². The number of amides is 1. The van der Waals surface area contributed by atoms with Crippen LogP contribution in [0.15, 0.2) is 30.3 Å². The van der Waals surface area contributed by atoms with Crippen LogP contribution < -0.4 is 10.6 Å². The van der Waals surface area contributed by atoms with E-state index in [1.54, 1.807) is 0 Å². The molecule has 0 heterocycles. The molecule has 2 aromatic carbocycles. The Hall–Kier alpha value is -2.31. The van der Waals surface area contributed by atoms with Crippen molar-refractivity contribution in [3.8, 4) is 0 Å². The maximum Gasteiger partial charge on any atom is 0.217 e. The topological polar surface area (TPSA) is 61.4 Å². The molecule has 0 saturated carbocycles. The smallest absolute Gasteiger partial charge is 0.217 e. The Kier molecular flexibility index (Phi) is 9.60. The van der Waals surface area contributed by atoms with Crippen LogP contribution in [0.1, 0.15) is 80.3 Å². The summed E-state index contributed by atoms with van der Waals surface area (Å²) in [7, 11) is 0. The summed E-state index contributed by atoms with van der Waals surface area (Å²) in [5.74, 6) is -1.64. The Bertz CT molecular complexity index is 959. The molecule has 2 unspecified atom stereocenters. The van der Waals surface area contributed by atoms with E-state index in [1.165, 1.54) is 54.2 Å². The Morgan fingerprint density at radius 2 is 1.85 bits per heavy atom. The number of rotatable bonds is 11. The number of carbonyl (C=O) groups excluding carboxylic acids is 1. The lowest BCUT2D eigenvalue weighted by molar-refractivity contribution is -0.120. The van der Waals surface area contributed by atoms with E-state index in [1.807, 2.05) is 0 Å². The van der Waals surface area contributed by atoms with E-state index in [2.05, 4.69) is 36.6 Å². The van der Waals surface area contributed by atoms with Gasteiger partial charge >= 0.3 is 0 Å². The van der Waals surface area contributed by atoms with Crippen LogP contribution in [-0.2, 0) is 30.5 Å². The molecule has 3 rings (SSSR count). The van der Waals surface area contributed by atoms with E-state index in [4.69, 9.17) is 0 Å². The fourth-order valence-corrected chi connectivity index (χ4v) is 5.02. The molecule has 1 aliphatic carbocycles. The molecule has 1 amide bonds. The number of unbranched alkanes of at least 4 members (excludes halogenated alkanes) is 1. The monoisotopic (exact) mass is 472 g/mol. The predicted octanol–water partition coefficient (Wildman–Crippen LogP) is 4.95. The molecule has 3 N–H and O–H groups in total. The lowest BCUT2D eigenvalue weighted by atomic mass is 9.82. The van der Waals surface area contributed by atoms with Gasteiger partial charge in [-0.3, -0.25) is 4.79 Å². The fraction of sp³-hybridized carbons (Fsp3) is 0.536. The second kappa shape index (κ2) is 12.4. The van der Waals surface area contributed by atoms with Gasteiger partial charge in [0.1, 0.15) is 11.6 Å². The maximum atomic E-state index is 13.6. The van der Waals surface area contributed by atoms with E-state index in [-0.39, 0.29) is 24.9 Å².